The molecule has 0 atom stereocenters. The van der Waals surface area contributed by atoms with E-state index in [9.17, 15) is 13.2 Å². The molecule has 2 rings (SSSR count). The molecule has 1 aromatic carbocycles. The summed E-state index contributed by atoms with van der Waals surface area (Å²) in [5.41, 5.74) is 3.00. The molecule has 1 aromatic rings. The lowest BCUT2D eigenvalue weighted by Gasteiger charge is -2.32. The van der Waals surface area contributed by atoms with E-state index in [0.717, 1.165) is 23.1 Å². The fraction of sp³-hybridized carbons (Fsp3) is 0.533. The Morgan fingerprint density at radius 1 is 1.14 bits per heavy atom. The Bertz CT molecular complexity index is 630. The third kappa shape index (κ3) is 4.99. The van der Waals surface area contributed by atoms with Gasteiger partial charge in [-0.05, 0) is 49.9 Å². The first-order valence-corrected chi connectivity index (χ1v) is 9.23. The summed E-state index contributed by atoms with van der Waals surface area (Å²) < 4.78 is 25.0. The molecule has 0 saturated carbocycles. The van der Waals surface area contributed by atoms with Gasteiger partial charge in [-0.15, -0.1) is 0 Å². The number of aryl methyl sites for hydroxylation is 2. The second-order valence-corrected chi connectivity index (χ2v) is 7.74. The molecule has 1 aliphatic rings. The summed E-state index contributed by atoms with van der Waals surface area (Å²) in [5.74, 6) is 0. The number of nitrogens with zero attached hydrogens (tertiary/aromatic N) is 1. The lowest BCUT2D eigenvalue weighted by atomic mass is 10.1. The van der Waals surface area contributed by atoms with Crippen molar-refractivity contribution < 1.29 is 13.2 Å². The topological polar surface area (TPSA) is 78.5 Å². The number of anilines is 1. The Morgan fingerprint density at radius 2 is 1.68 bits per heavy atom. The number of benzene rings is 1. The normalized spacial score (nSPS) is 16.6. The third-order valence-corrected chi connectivity index (χ3v) is 4.40. The molecular weight excluding hydrogens is 302 g/mol. The van der Waals surface area contributed by atoms with Crippen molar-refractivity contribution in [3.63, 3.8) is 0 Å². The molecule has 122 valence electrons. The van der Waals surface area contributed by atoms with Gasteiger partial charge in [0, 0.05) is 24.8 Å². The molecule has 1 saturated heterocycles. The summed E-state index contributed by atoms with van der Waals surface area (Å²) in [6.07, 6.45) is 2.42. The van der Waals surface area contributed by atoms with Crippen molar-refractivity contribution in [2.24, 2.45) is 0 Å². The monoisotopic (exact) mass is 325 g/mol. The summed E-state index contributed by atoms with van der Waals surface area (Å²) in [7, 11) is -3.19. The molecule has 1 aliphatic heterocycles. The number of rotatable bonds is 3. The van der Waals surface area contributed by atoms with Crippen LogP contribution in [0.25, 0.3) is 0 Å². The predicted molar refractivity (Wildman–Crippen MR) is 87.5 cm³/mol. The number of piperidine rings is 1. The molecule has 1 heterocycles. The van der Waals surface area contributed by atoms with Crippen LogP contribution in [-0.2, 0) is 10.0 Å². The Labute approximate surface area is 131 Å². The quantitative estimate of drug-likeness (QED) is 0.890. The molecule has 0 aromatic heterocycles. The molecule has 22 heavy (non-hydrogen) atoms. The molecule has 2 amide bonds. The van der Waals surface area contributed by atoms with Crippen LogP contribution in [0.1, 0.15) is 24.0 Å². The predicted octanol–water partition coefficient (Wildman–Crippen LogP) is 1.85. The highest BCUT2D eigenvalue weighted by molar-refractivity contribution is 7.88. The number of hydrogen-bond acceptors (Lipinski definition) is 3. The highest BCUT2D eigenvalue weighted by Crippen LogP contribution is 2.16. The minimum absolute atomic E-state index is 0.0831. The van der Waals surface area contributed by atoms with Gasteiger partial charge < -0.3 is 10.2 Å². The lowest BCUT2D eigenvalue weighted by Crippen LogP contribution is -2.47. The Kier molecular flexibility index (Phi) is 5.08. The first-order chi connectivity index (χ1) is 10.2. The molecule has 0 bridgehead atoms. The molecule has 6 nitrogen and oxygen atoms in total. The molecule has 0 unspecified atom stereocenters. The fourth-order valence-electron chi connectivity index (χ4n) is 2.75. The van der Waals surface area contributed by atoms with Gasteiger partial charge in [-0.2, -0.15) is 0 Å². The third-order valence-electron chi connectivity index (χ3n) is 3.64. The van der Waals surface area contributed by atoms with Crippen LogP contribution in [0.3, 0.4) is 0 Å². The van der Waals surface area contributed by atoms with Crippen LogP contribution in [0.5, 0.6) is 0 Å². The smallest absolute Gasteiger partial charge is 0.321 e. The zero-order valence-corrected chi connectivity index (χ0v) is 14.0. The van der Waals surface area contributed by atoms with Crippen molar-refractivity contribution in [3.8, 4) is 0 Å². The zero-order chi connectivity index (χ0) is 16.3. The maximum Gasteiger partial charge on any atom is 0.321 e. The molecule has 0 aliphatic carbocycles. The Morgan fingerprint density at radius 3 is 2.18 bits per heavy atom. The zero-order valence-electron chi connectivity index (χ0n) is 13.2. The highest BCUT2D eigenvalue weighted by Gasteiger charge is 2.24. The van der Waals surface area contributed by atoms with Gasteiger partial charge in [-0.1, -0.05) is 6.07 Å². The summed E-state index contributed by atoms with van der Waals surface area (Å²) in [4.78, 5) is 14.0. The SMILES string of the molecule is Cc1cc(C)cc(NC(=O)N2CCC(NS(C)(=O)=O)CC2)c1. The van der Waals surface area contributed by atoms with Crippen molar-refractivity contribution >= 4 is 21.7 Å². The van der Waals surface area contributed by atoms with Crippen molar-refractivity contribution in [2.45, 2.75) is 32.7 Å². The largest absolute Gasteiger partial charge is 0.324 e. The van der Waals surface area contributed by atoms with Gasteiger partial charge in [0.15, 0.2) is 0 Å². The van der Waals surface area contributed by atoms with Crippen LogP contribution < -0.4 is 10.0 Å². The standard InChI is InChI=1S/C15H23N3O3S/c1-11-8-12(2)10-14(9-11)16-15(19)18-6-4-13(5-7-18)17-22(3,20)21/h8-10,13,17H,4-7H2,1-3H3,(H,16,19). The summed E-state index contributed by atoms with van der Waals surface area (Å²) in [6, 6.07) is 5.70. The van der Waals surface area contributed by atoms with E-state index >= 15 is 0 Å². The number of nitrogens with one attached hydrogen (secondary N) is 2. The minimum Gasteiger partial charge on any atom is -0.324 e. The van der Waals surface area contributed by atoms with Gasteiger partial charge in [-0.25, -0.2) is 17.9 Å². The van der Waals surface area contributed by atoms with E-state index in [2.05, 4.69) is 16.1 Å². The van der Waals surface area contributed by atoms with Crippen LogP contribution in [-0.4, -0.2) is 44.7 Å². The van der Waals surface area contributed by atoms with Crippen LogP contribution in [0.4, 0.5) is 10.5 Å². The molecule has 7 heteroatoms. The first-order valence-electron chi connectivity index (χ1n) is 7.34. The van der Waals surface area contributed by atoms with Crippen LogP contribution in [0.15, 0.2) is 18.2 Å². The van der Waals surface area contributed by atoms with Gasteiger partial charge in [0.05, 0.1) is 6.26 Å². The Hall–Kier alpha value is -1.60. The fourth-order valence-corrected chi connectivity index (χ4v) is 3.59. The van der Waals surface area contributed by atoms with E-state index in [1.165, 1.54) is 0 Å². The van der Waals surface area contributed by atoms with Crippen LogP contribution >= 0.6 is 0 Å². The summed E-state index contributed by atoms with van der Waals surface area (Å²) >= 11 is 0. The van der Waals surface area contributed by atoms with Crippen molar-refractivity contribution in [3.05, 3.63) is 29.3 Å². The number of hydrogen-bond donors (Lipinski definition) is 2. The molecular formula is C15H23N3O3S. The molecule has 2 N–H and O–H groups in total. The van der Waals surface area contributed by atoms with E-state index in [1.807, 2.05) is 26.0 Å². The number of amides is 2. The van der Waals surface area contributed by atoms with E-state index in [4.69, 9.17) is 0 Å². The number of likely N-dealkylation sites (tertiary alicyclic amines) is 1. The average molecular weight is 325 g/mol. The second-order valence-electron chi connectivity index (χ2n) is 5.96. The van der Waals surface area contributed by atoms with E-state index in [-0.39, 0.29) is 12.1 Å². The molecule has 0 spiro atoms. The Balaban J connectivity index is 1.90. The number of carbonyl (C=O) groups is 1. The summed E-state index contributed by atoms with van der Waals surface area (Å²) in [6.45, 7) is 5.07. The average Bonchev–Trinajstić information content (AvgIpc) is 2.36. The van der Waals surface area contributed by atoms with Gasteiger partial charge in [0.2, 0.25) is 10.0 Å². The maximum absolute atomic E-state index is 12.3. The second kappa shape index (κ2) is 6.66. The lowest BCUT2D eigenvalue weighted by molar-refractivity contribution is 0.193. The van der Waals surface area contributed by atoms with E-state index in [1.54, 1.807) is 4.90 Å². The maximum atomic E-state index is 12.3. The highest BCUT2D eigenvalue weighted by atomic mass is 32.2. The first kappa shape index (κ1) is 16.8. The van der Waals surface area contributed by atoms with Crippen LogP contribution in [0, 0.1) is 13.8 Å². The van der Waals surface area contributed by atoms with Crippen molar-refractivity contribution in [1.29, 1.82) is 0 Å². The van der Waals surface area contributed by atoms with Gasteiger partial charge in [0.1, 0.15) is 0 Å². The van der Waals surface area contributed by atoms with Crippen molar-refractivity contribution in [1.82, 2.24) is 9.62 Å². The van der Waals surface area contributed by atoms with Crippen LogP contribution in [0.2, 0.25) is 0 Å². The molecule has 0 radical (unpaired) electrons. The van der Waals surface area contributed by atoms with Gasteiger partial charge >= 0.3 is 6.03 Å². The number of urea groups is 1. The van der Waals surface area contributed by atoms with Gasteiger partial charge in [0.25, 0.3) is 0 Å². The van der Waals surface area contributed by atoms with E-state index < -0.39 is 10.0 Å². The summed E-state index contributed by atoms with van der Waals surface area (Å²) in [5, 5.41) is 2.90. The number of carbonyl (C=O) groups excluding carboxylic acids is 1. The minimum atomic E-state index is -3.19. The van der Waals surface area contributed by atoms with Crippen molar-refractivity contribution in [2.75, 3.05) is 24.7 Å². The molecule has 1 fully saturated rings. The number of sulfonamides is 1. The van der Waals surface area contributed by atoms with Gasteiger partial charge in [-0.3, -0.25) is 0 Å². The van der Waals surface area contributed by atoms with E-state index in [0.29, 0.717) is 25.9 Å².